The summed E-state index contributed by atoms with van der Waals surface area (Å²) in [4.78, 5) is 23.7. The molecule has 31 heavy (non-hydrogen) atoms. The quantitative estimate of drug-likeness (QED) is 0.506. The topological polar surface area (TPSA) is 84.9 Å². The molecule has 6 heteroatoms. The molecule has 1 atom stereocenters. The van der Waals surface area contributed by atoms with Crippen molar-refractivity contribution in [1.82, 2.24) is 0 Å². The number of Topliss-reactive ketones (excluding diaryl/α,β-unsaturated/α-hetero) is 1. The van der Waals surface area contributed by atoms with Crippen LogP contribution in [0.25, 0.3) is 0 Å². The first-order valence-corrected chi connectivity index (χ1v) is 9.93. The summed E-state index contributed by atoms with van der Waals surface area (Å²) in [5.74, 6) is 0.846. The summed E-state index contributed by atoms with van der Waals surface area (Å²) >= 11 is 0. The largest absolute Gasteiger partial charge is 0.491 e. The van der Waals surface area contributed by atoms with E-state index >= 15 is 0 Å². The highest BCUT2D eigenvalue weighted by molar-refractivity contribution is 6.04. The van der Waals surface area contributed by atoms with E-state index in [9.17, 15) is 14.7 Å². The van der Waals surface area contributed by atoms with Crippen LogP contribution >= 0.6 is 0 Å². The number of ketones is 1. The summed E-state index contributed by atoms with van der Waals surface area (Å²) in [6.45, 7) is 3.50. The van der Waals surface area contributed by atoms with Crippen molar-refractivity contribution in [3.63, 3.8) is 0 Å². The van der Waals surface area contributed by atoms with E-state index in [1.54, 1.807) is 54.6 Å². The van der Waals surface area contributed by atoms with Crippen LogP contribution in [0.3, 0.4) is 0 Å². The molecule has 0 aromatic heterocycles. The second-order valence-corrected chi connectivity index (χ2v) is 7.21. The van der Waals surface area contributed by atoms with Gasteiger partial charge in [-0.1, -0.05) is 29.8 Å². The number of carbonyl (C=O) groups is 2. The van der Waals surface area contributed by atoms with E-state index in [4.69, 9.17) is 9.47 Å². The zero-order valence-electron chi connectivity index (χ0n) is 17.5. The minimum absolute atomic E-state index is 0.0337. The van der Waals surface area contributed by atoms with Gasteiger partial charge in [0.25, 0.3) is 5.91 Å². The van der Waals surface area contributed by atoms with Crippen molar-refractivity contribution in [1.29, 1.82) is 0 Å². The summed E-state index contributed by atoms with van der Waals surface area (Å²) < 4.78 is 11.1. The first-order chi connectivity index (χ1) is 14.9. The van der Waals surface area contributed by atoms with Crippen molar-refractivity contribution in [2.75, 3.05) is 18.5 Å². The summed E-state index contributed by atoms with van der Waals surface area (Å²) in [7, 11) is 0. The zero-order chi connectivity index (χ0) is 22.2. The molecule has 0 saturated carbocycles. The number of nitrogens with one attached hydrogen (secondary N) is 1. The zero-order valence-corrected chi connectivity index (χ0v) is 17.5. The van der Waals surface area contributed by atoms with Gasteiger partial charge in [0.15, 0.2) is 5.78 Å². The van der Waals surface area contributed by atoms with Crippen LogP contribution in [-0.4, -0.2) is 36.1 Å². The van der Waals surface area contributed by atoms with Crippen molar-refractivity contribution >= 4 is 17.4 Å². The van der Waals surface area contributed by atoms with Crippen LogP contribution < -0.4 is 14.8 Å². The number of ether oxygens (including phenoxy) is 2. The number of aryl methyl sites for hydroxylation is 1. The molecule has 0 aliphatic heterocycles. The van der Waals surface area contributed by atoms with Crippen LogP contribution in [-0.2, 0) is 0 Å². The molecule has 3 aromatic carbocycles. The SMILES string of the molecule is CC(=O)c1cccc(OC[C@H](O)COc2ccc(NC(=O)c3cccc(C)c3)cc2)c1. The van der Waals surface area contributed by atoms with Crippen LogP contribution in [0.15, 0.2) is 72.8 Å². The summed E-state index contributed by atoms with van der Waals surface area (Å²) in [6, 6.07) is 21.1. The van der Waals surface area contributed by atoms with Gasteiger partial charge in [-0.05, 0) is 62.4 Å². The molecule has 3 aromatic rings. The third kappa shape index (κ3) is 6.69. The fourth-order valence-electron chi connectivity index (χ4n) is 2.86. The second kappa shape index (κ2) is 10.4. The Morgan fingerprint density at radius 3 is 2.19 bits per heavy atom. The molecule has 0 heterocycles. The van der Waals surface area contributed by atoms with Gasteiger partial charge in [0.1, 0.15) is 30.8 Å². The molecule has 0 fully saturated rings. The molecule has 2 N–H and O–H groups in total. The van der Waals surface area contributed by atoms with Crippen LogP contribution in [0, 0.1) is 6.92 Å². The number of rotatable bonds is 9. The average Bonchev–Trinajstić information content (AvgIpc) is 2.77. The van der Waals surface area contributed by atoms with Crippen molar-refractivity contribution in [2.24, 2.45) is 0 Å². The monoisotopic (exact) mass is 419 g/mol. The highest BCUT2D eigenvalue weighted by Crippen LogP contribution is 2.18. The fraction of sp³-hybridized carbons (Fsp3) is 0.200. The Balaban J connectivity index is 1.46. The Morgan fingerprint density at radius 1 is 0.871 bits per heavy atom. The number of aliphatic hydroxyl groups is 1. The minimum atomic E-state index is -0.846. The molecule has 0 radical (unpaired) electrons. The predicted molar refractivity (Wildman–Crippen MR) is 119 cm³/mol. The highest BCUT2D eigenvalue weighted by Gasteiger charge is 2.09. The molecule has 0 aliphatic carbocycles. The van der Waals surface area contributed by atoms with Crippen LogP contribution in [0.5, 0.6) is 11.5 Å². The van der Waals surface area contributed by atoms with E-state index in [1.165, 1.54) is 6.92 Å². The Morgan fingerprint density at radius 2 is 1.52 bits per heavy atom. The lowest BCUT2D eigenvalue weighted by Gasteiger charge is -2.14. The third-order valence-electron chi connectivity index (χ3n) is 4.52. The molecule has 0 bridgehead atoms. The molecular formula is C25H25NO5. The number of amides is 1. The number of hydrogen-bond donors (Lipinski definition) is 2. The summed E-state index contributed by atoms with van der Waals surface area (Å²) in [5, 5.41) is 12.9. The Hall–Kier alpha value is -3.64. The summed E-state index contributed by atoms with van der Waals surface area (Å²) in [6.07, 6.45) is -0.846. The average molecular weight is 419 g/mol. The van der Waals surface area contributed by atoms with Crippen molar-refractivity contribution in [2.45, 2.75) is 20.0 Å². The van der Waals surface area contributed by atoms with E-state index in [-0.39, 0.29) is 24.9 Å². The lowest BCUT2D eigenvalue weighted by Crippen LogP contribution is -2.25. The Kier molecular flexibility index (Phi) is 7.40. The van der Waals surface area contributed by atoms with E-state index < -0.39 is 6.10 Å². The first kappa shape index (κ1) is 22.1. The van der Waals surface area contributed by atoms with Gasteiger partial charge >= 0.3 is 0 Å². The molecule has 0 aliphatic rings. The summed E-state index contributed by atoms with van der Waals surface area (Å²) in [5.41, 5.74) is 2.81. The normalized spacial score (nSPS) is 11.5. The number of benzene rings is 3. The van der Waals surface area contributed by atoms with Crippen molar-refractivity contribution in [3.8, 4) is 11.5 Å². The van der Waals surface area contributed by atoms with Gasteiger partial charge in [0, 0.05) is 16.8 Å². The molecule has 1 amide bonds. The van der Waals surface area contributed by atoms with Gasteiger partial charge in [-0.2, -0.15) is 0 Å². The molecular weight excluding hydrogens is 394 g/mol. The maximum absolute atomic E-state index is 12.3. The smallest absolute Gasteiger partial charge is 0.255 e. The Bertz CT molecular complexity index is 1050. The lowest BCUT2D eigenvalue weighted by molar-refractivity contribution is 0.0626. The van der Waals surface area contributed by atoms with Crippen molar-refractivity contribution in [3.05, 3.63) is 89.5 Å². The van der Waals surface area contributed by atoms with Crippen molar-refractivity contribution < 1.29 is 24.2 Å². The number of anilines is 1. The van der Waals surface area contributed by atoms with Gasteiger partial charge in [-0.15, -0.1) is 0 Å². The molecule has 3 rings (SSSR count). The van der Waals surface area contributed by atoms with Gasteiger partial charge < -0.3 is 19.9 Å². The first-order valence-electron chi connectivity index (χ1n) is 9.93. The molecule has 6 nitrogen and oxygen atoms in total. The maximum Gasteiger partial charge on any atom is 0.255 e. The van der Waals surface area contributed by atoms with Gasteiger partial charge in [-0.25, -0.2) is 0 Å². The predicted octanol–water partition coefficient (Wildman–Crippen LogP) is 4.27. The molecule has 0 unspecified atom stereocenters. The molecule has 0 saturated heterocycles. The van der Waals surface area contributed by atoms with E-state index in [2.05, 4.69) is 5.32 Å². The van der Waals surface area contributed by atoms with Crippen LogP contribution in [0.1, 0.15) is 33.2 Å². The van der Waals surface area contributed by atoms with E-state index in [1.807, 2.05) is 25.1 Å². The highest BCUT2D eigenvalue weighted by atomic mass is 16.5. The molecule has 160 valence electrons. The standard InChI is InChI=1S/C25H25NO5/c1-17-5-3-7-20(13-17)25(29)26-21-9-11-23(12-10-21)30-15-22(28)16-31-24-8-4-6-19(14-24)18(2)27/h3-14,22,28H,15-16H2,1-2H3,(H,26,29)/t22-/m1/s1. The minimum Gasteiger partial charge on any atom is -0.491 e. The maximum atomic E-state index is 12.3. The third-order valence-corrected chi connectivity index (χ3v) is 4.52. The number of hydrogen-bond acceptors (Lipinski definition) is 5. The van der Waals surface area contributed by atoms with Gasteiger partial charge in [0.05, 0.1) is 0 Å². The van der Waals surface area contributed by atoms with Gasteiger partial charge in [-0.3, -0.25) is 9.59 Å². The van der Waals surface area contributed by atoms with Crippen LogP contribution in [0.2, 0.25) is 0 Å². The van der Waals surface area contributed by atoms with E-state index in [0.29, 0.717) is 28.3 Å². The van der Waals surface area contributed by atoms with E-state index in [0.717, 1.165) is 5.56 Å². The lowest BCUT2D eigenvalue weighted by atomic mass is 10.1. The number of carbonyl (C=O) groups excluding carboxylic acids is 2. The fourth-order valence-corrected chi connectivity index (χ4v) is 2.86. The van der Waals surface area contributed by atoms with Crippen LogP contribution in [0.4, 0.5) is 5.69 Å². The molecule has 0 spiro atoms. The Labute approximate surface area is 181 Å². The number of aliphatic hydroxyl groups excluding tert-OH is 1. The van der Waals surface area contributed by atoms with Gasteiger partial charge in [0.2, 0.25) is 0 Å². The second-order valence-electron chi connectivity index (χ2n) is 7.21.